The average Bonchev–Trinajstić information content (AvgIpc) is 2.96. The first-order valence-corrected chi connectivity index (χ1v) is 6.15. The van der Waals surface area contributed by atoms with Crippen molar-refractivity contribution in [2.45, 2.75) is 38.3 Å². The monoisotopic (exact) mass is 234 g/mol. The number of rotatable bonds is 4. The van der Waals surface area contributed by atoms with Gasteiger partial charge in [-0.15, -0.1) is 0 Å². The number of phenols is 1. The van der Waals surface area contributed by atoms with Gasteiger partial charge in [-0.3, -0.25) is 0 Å². The van der Waals surface area contributed by atoms with Crippen molar-refractivity contribution in [2.24, 2.45) is 5.73 Å². The molecule has 0 saturated heterocycles. The van der Waals surface area contributed by atoms with Crippen LogP contribution in [-0.2, 0) is 13.0 Å². The van der Waals surface area contributed by atoms with Crippen LogP contribution in [0, 0.1) is 6.92 Å². The molecule has 0 heterocycles. The molecule has 3 N–H and O–H groups in total. The molecular formula is C14H22N2O. The van der Waals surface area contributed by atoms with Crippen LogP contribution in [0.15, 0.2) is 12.1 Å². The maximum atomic E-state index is 10.3. The molecule has 17 heavy (non-hydrogen) atoms. The second kappa shape index (κ2) is 4.31. The van der Waals surface area contributed by atoms with Crippen molar-refractivity contribution < 1.29 is 5.11 Å². The van der Waals surface area contributed by atoms with Crippen LogP contribution in [0.2, 0.25) is 0 Å². The zero-order valence-corrected chi connectivity index (χ0v) is 11.0. The van der Waals surface area contributed by atoms with Crippen molar-refractivity contribution in [1.82, 2.24) is 4.90 Å². The van der Waals surface area contributed by atoms with Gasteiger partial charge in [0.05, 0.1) is 0 Å². The van der Waals surface area contributed by atoms with Crippen LogP contribution >= 0.6 is 0 Å². The number of aromatic hydroxyl groups is 1. The molecule has 0 unspecified atom stereocenters. The lowest BCUT2D eigenvalue weighted by atomic mass is 9.97. The summed E-state index contributed by atoms with van der Waals surface area (Å²) in [4.78, 5) is 2.07. The normalized spacial score (nSPS) is 17.5. The molecule has 0 bridgehead atoms. The number of nitrogens with two attached hydrogens (primary N) is 1. The third kappa shape index (κ3) is 2.79. The minimum atomic E-state index is -0.0534. The third-order valence-corrected chi connectivity index (χ3v) is 3.51. The van der Waals surface area contributed by atoms with E-state index in [2.05, 4.69) is 11.0 Å². The van der Waals surface area contributed by atoms with E-state index in [1.165, 1.54) is 0 Å². The maximum absolute atomic E-state index is 10.3. The molecule has 0 atom stereocenters. The summed E-state index contributed by atoms with van der Waals surface area (Å²) in [6, 6.07) is 4.09. The Morgan fingerprint density at radius 1 is 1.35 bits per heavy atom. The molecule has 1 fully saturated rings. The minimum Gasteiger partial charge on any atom is -0.507 e. The van der Waals surface area contributed by atoms with Crippen molar-refractivity contribution in [2.75, 3.05) is 14.1 Å². The van der Waals surface area contributed by atoms with E-state index in [1.54, 1.807) is 0 Å². The van der Waals surface area contributed by atoms with Crippen molar-refractivity contribution in [3.8, 4) is 5.75 Å². The predicted molar refractivity (Wildman–Crippen MR) is 70.1 cm³/mol. The van der Waals surface area contributed by atoms with E-state index in [4.69, 9.17) is 5.73 Å². The highest BCUT2D eigenvalue weighted by Gasteiger charge is 2.38. The minimum absolute atomic E-state index is 0.0534. The number of benzene rings is 1. The quantitative estimate of drug-likeness (QED) is 0.835. The van der Waals surface area contributed by atoms with Gasteiger partial charge >= 0.3 is 0 Å². The molecule has 0 amide bonds. The summed E-state index contributed by atoms with van der Waals surface area (Å²) in [6.07, 6.45) is 2.94. The highest BCUT2D eigenvalue weighted by atomic mass is 16.3. The molecule has 1 aliphatic carbocycles. The number of hydrogen-bond acceptors (Lipinski definition) is 3. The van der Waals surface area contributed by atoms with Crippen LogP contribution in [0.25, 0.3) is 0 Å². The largest absolute Gasteiger partial charge is 0.507 e. The Hall–Kier alpha value is -1.06. The van der Waals surface area contributed by atoms with Crippen molar-refractivity contribution in [3.05, 3.63) is 28.8 Å². The third-order valence-electron chi connectivity index (χ3n) is 3.51. The summed E-state index contributed by atoms with van der Waals surface area (Å²) in [7, 11) is 4.02. The molecule has 2 rings (SSSR count). The van der Waals surface area contributed by atoms with E-state index < -0.39 is 0 Å². The van der Waals surface area contributed by atoms with E-state index in [9.17, 15) is 5.11 Å². The van der Waals surface area contributed by atoms with Crippen LogP contribution in [-0.4, -0.2) is 29.6 Å². The van der Waals surface area contributed by atoms with Gasteiger partial charge in [0.2, 0.25) is 0 Å². The highest BCUT2D eigenvalue weighted by molar-refractivity contribution is 5.46. The van der Waals surface area contributed by atoms with Crippen LogP contribution in [0.1, 0.15) is 29.5 Å². The van der Waals surface area contributed by atoms with E-state index >= 15 is 0 Å². The first kappa shape index (κ1) is 12.4. The lowest BCUT2D eigenvalue weighted by molar-refractivity contribution is 0.382. The smallest absolute Gasteiger partial charge is 0.123 e. The molecular weight excluding hydrogens is 212 g/mol. The molecule has 3 nitrogen and oxygen atoms in total. The average molecular weight is 234 g/mol. The molecule has 0 spiro atoms. The van der Waals surface area contributed by atoms with E-state index in [-0.39, 0.29) is 5.54 Å². The van der Waals surface area contributed by atoms with Crippen LogP contribution in [0.4, 0.5) is 0 Å². The van der Waals surface area contributed by atoms with E-state index in [0.29, 0.717) is 5.75 Å². The summed E-state index contributed by atoms with van der Waals surface area (Å²) in [6.45, 7) is 2.81. The molecule has 94 valence electrons. The number of hydrogen-bond donors (Lipinski definition) is 2. The van der Waals surface area contributed by atoms with Gasteiger partial charge in [0.15, 0.2) is 0 Å². The standard InChI is InChI=1S/C14H22N2O/c1-10-4-5-11(8-14(15)6-7-14)13(17)12(10)9-16(2)3/h4-5,17H,6-9,15H2,1-3H3. The van der Waals surface area contributed by atoms with Gasteiger partial charge in [0, 0.05) is 17.6 Å². The Kier molecular flexibility index (Phi) is 3.15. The Balaban J connectivity index is 2.28. The van der Waals surface area contributed by atoms with Crippen molar-refractivity contribution >= 4 is 0 Å². The fourth-order valence-corrected chi connectivity index (χ4v) is 2.16. The summed E-state index contributed by atoms with van der Waals surface area (Å²) < 4.78 is 0. The van der Waals surface area contributed by atoms with Gasteiger partial charge in [-0.1, -0.05) is 12.1 Å². The molecule has 0 radical (unpaired) electrons. The molecule has 1 aromatic carbocycles. The number of nitrogens with zero attached hydrogens (tertiary/aromatic N) is 1. The van der Waals surface area contributed by atoms with Crippen molar-refractivity contribution in [3.63, 3.8) is 0 Å². The topological polar surface area (TPSA) is 49.5 Å². The van der Waals surface area contributed by atoms with E-state index in [1.807, 2.05) is 27.1 Å². The van der Waals surface area contributed by atoms with Gasteiger partial charge in [-0.2, -0.15) is 0 Å². The second-order valence-corrected chi connectivity index (χ2v) is 5.65. The summed E-state index contributed by atoms with van der Waals surface area (Å²) in [5.41, 5.74) is 9.22. The molecule has 0 aliphatic heterocycles. The molecule has 3 heteroatoms. The van der Waals surface area contributed by atoms with E-state index in [0.717, 1.165) is 42.5 Å². The fourth-order valence-electron chi connectivity index (χ4n) is 2.16. The summed E-state index contributed by atoms with van der Waals surface area (Å²) in [5, 5.41) is 10.3. The molecule has 1 saturated carbocycles. The Labute approximate surface area is 103 Å². The van der Waals surface area contributed by atoms with Crippen LogP contribution in [0.3, 0.4) is 0 Å². The fraction of sp³-hybridized carbons (Fsp3) is 0.571. The second-order valence-electron chi connectivity index (χ2n) is 5.65. The number of phenolic OH excluding ortho intramolecular Hbond substituents is 1. The van der Waals surface area contributed by atoms with Gasteiger partial charge in [-0.25, -0.2) is 0 Å². The highest BCUT2D eigenvalue weighted by Crippen LogP contribution is 2.39. The summed E-state index contributed by atoms with van der Waals surface area (Å²) >= 11 is 0. The van der Waals surface area contributed by atoms with Crippen LogP contribution < -0.4 is 5.73 Å². The van der Waals surface area contributed by atoms with Gasteiger partial charge < -0.3 is 15.7 Å². The Morgan fingerprint density at radius 3 is 2.53 bits per heavy atom. The SMILES string of the molecule is Cc1ccc(CC2(N)CC2)c(O)c1CN(C)C. The first-order chi connectivity index (χ1) is 7.91. The number of aryl methyl sites for hydroxylation is 1. The lowest BCUT2D eigenvalue weighted by Crippen LogP contribution is -2.24. The van der Waals surface area contributed by atoms with Gasteiger partial charge in [0.25, 0.3) is 0 Å². The Bertz CT molecular complexity index is 422. The van der Waals surface area contributed by atoms with Crippen LogP contribution in [0.5, 0.6) is 5.75 Å². The first-order valence-electron chi connectivity index (χ1n) is 6.15. The van der Waals surface area contributed by atoms with Gasteiger partial charge in [0.1, 0.15) is 5.75 Å². The Morgan fingerprint density at radius 2 is 2.00 bits per heavy atom. The maximum Gasteiger partial charge on any atom is 0.123 e. The molecule has 1 aromatic rings. The molecule has 1 aliphatic rings. The summed E-state index contributed by atoms with van der Waals surface area (Å²) in [5.74, 6) is 0.440. The van der Waals surface area contributed by atoms with Gasteiger partial charge in [-0.05, 0) is 51.4 Å². The lowest BCUT2D eigenvalue weighted by Gasteiger charge is -2.18. The zero-order valence-electron chi connectivity index (χ0n) is 11.0. The predicted octanol–water partition coefficient (Wildman–Crippen LogP) is 1.80. The van der Waals surface area contributed by atoms with Crippen molar-refractivity contribution in [1.29, 1.82) is 0 Å². The zero-order chi connectivity index (χ0) is 12.6. The molecule has 0 aromatic heterocycles.